The van der Waals surface area contributed by atoms with Crippen LogP contribution < -0.4 is 0 Å². The highest BCUT2D eigenvalue weighted by Crippen LogP contribution is 2.20. The zero-order valence-corrected chi connectivity index (χ0v) is 17.0. The van der Waals surface area contributed by atoms with Gasteiger partial charge < -0.3 is 4.90 Å². The predicted molar refractivity (Wildman–Crippen MR) is 107 cm³/mol. The number of carbonyl (C=O) groups is 1. The van der Waals surface area contributed by atoms with Gasteiger partial charge in [-0.25, -0.2) is 0 Å². The first kappa shape index (κ1) is 19.4. The predicted octanol–water partition coefficient (Wildman–Crippen LogP) is 3.68. The molecule has 0 saturated carbocycles. The molecule has 0 fully saturated rings. The van der Waals surface area contributed by atoms with Crippen LogP contribution in [0.4, 0.5) is 0 Å². The molecular formula is C19H20ClN5OS. The Bertz CT molecular complexity index is 921. The summed E-state index contributed by atoms with van der Waals surface area (Å²) in [6.07, 6.45) is 0. The van der Waals surface area contributed by atoms with Gasteiger partial charge in [-0.05, 0) is 65.2 Å². The third-order valence-electron chi connectivity index (χ3n) is 3.98. The third-order valence-corrected chi connectivity index (χ3v) is 5.13. The van der Waals surface area contributed by atoms with E-state index >= 15 is 0 Å². The first-order valence-corrected chi connectivity index (χ1v) is 9.77. The van der Waals surface area contributed by atoms with Crippen molar-refractivity contribution in [2.75, 3.05) is 12.8 Å². The minimum absolute atomic E-state index is 0.00456. The molecule has 1 aromatic heterocycles. The summed E-state index contributed by atoms with van der Waals surface area (Å²) >= 11 is 7.22. The molecule has 0 radical (unpaired) electrons. The maximum absolute atomic E-state index is 12.5. The molecule has 0 aliphatic heterocycles. The van der Waals surface area contributed by atoms with E-state index in [-0.39, 0.29) is 11.7 Å². The molecule has 0 bridgehead atoms. The topological polar surface area (TPSA) is 63.9 Å². The number of aromatic nitrogens is 4. The van der Waals surface area contributed by atoms with Crippen LogP contribution in [0.25, 0.3) is 5.69 Å². The number of rotatable bonds is 6. The zero-order valence-electron chi connectivity index (χ0n) is 15.4. The third kappa shape index (κ3) is 5.08. The highest BCUT2D eigenvalue weighted by atomic mass is 35.5. The summed E-state index contributed by atoms with van der Waals surface area (Å²) < 4.78 is 1.66. The molecule has 0 aliphatic carbocycles. The molecule has 3 rings (SSSR count). The van der Waals surface area contributed by atoms with E-state index in [1.807, 2.05) is 50.2 Å². The van der Waals surface area contributed by atoms with Crippen LogP contribution >= 0.6 is 23.4 Å². The minimum atomic E-state index is 0.00456. The zero-order chi connectivity index (χ0) is 19.4. The maximum atomic E-state index is 12.5. The summed E-state index contributed by atoms with van der Waals surface area (Å²) in [5.74, 6) is 0.264. The number of nitrogens with zero attached hydrogens (tertiary/aromatic N) is 5. The average molecular weight is 402 g/mol. The van der Waals surface area contributed by atoms with Crippen LogP contribution in [0.15, 0.2) is 47.6 Å². The summed E-state index contributed by atoms with van der Waals surface area (Å²) in [7, 11) is 1.78. The molecule has 0 spiro atoms. The number of halogens is 1. The number of thioether (sulfide) groups is 1. The van der Waals surface area contributed by atoms with Crippen molar-refractivity contribution in [1.82, 2.24) is 25.1 Å². The van der Waals surface area contributed by atoms with Gasteiger partial charge in [-0.15, -0.1) is 5.10 Å². The Morgan fingerprint density at radius 2 is 1.81 bits per heavy atom. The summed E-state index contributed by atoms with van der Waals surface area (Å²) in [6.45, 7) is 4.59. The van der Waals surface area contributed by atoms with Crippen LogP contribution in [0, 0.1) is 13.8 Å². The standard InChI is InChI=1S/C19H20ClN5OS/c1-13-8-14(2)10-17(9-13)25-19(21-22-23-25)27-12-18(26)24(3)11-15-4-6-16(20)7-5-15/h4-10H,11-12H2,1-3H3. The van der Waals surface area contributed by atoms with Gasteiger partial charge in [-0.1, -0.05) is 41.6 Å². The monoisotopic (exact) mass is 401 g/mol. The molecule has 140 valence electrons. The molecule has 1 amide bonds. The van der Waals surface area contributed by atoms with Gasteiger partial charge in [0.25, 0.3) is 0 Å². The fourth-order valence-electron chi connectivity index (χ4n) is 2.69. The molecule has 0 N–H and O–H groups in total. The Kier molecular flexibility index (Phi) is 6.13. The van der Waals surface area contributed by atoms with Crippen molar-refractivity contribution >= 4 is 29.3 Å². The Hall–Kier alpha value is -2.38. The lowest BCUT2D eigenvalue weighted by molar-refractivity contribution is -0.127. The molecule has 0 saturated heterocycles. The van der Waals surface area contributed by atoms with Crippen molar-refractivity contribution in [1.29, 1.82) is 0 Å². The molecule has 3 aromatic rings. The lowest BCUT2D eigenvalue weighted by atomic mass is 10.1. The Morgan fingerprint density at radius 3 is 2.48 bits per heavy atom. The average Bonchev–Trinajstić information content (AvgIpc) is 3.09. The molecule has 27 heavy (non-hydrogen) atoms. The van der Waals surface area contributed by atoms with Crippen molar-refractivity contribution in [2.45, 2.75) is 25.5 Å². The minimum Gasteiger partial charge on any atom is -0.341 e. The van der Waals surface area contributed by atoms with Crippen LogP contribution in [0.1, 0.15) is 16.7 Å². The van der Waals surface area contributed by atoms with Gasteiger partial charge in [0.1, 0.15) is 0 Å². The van der Waals surface area contributed by atoms with Crippen LogP contribution in [0.2, 0.25) is 5.02 Å². The lowest BCUT2D eigenvalue weighted by Crippen LogP contribution is -2.27. The number of hydrogen-bond acceptors (Lipinski definition) is 5. The van der Waals surface area contributed by atoms with Crippen LogP contribution in [0.3, 0.4) is 0 Å². The van der Waals surface area contributed by atoms with E-state index in [0.717, 1.165) is 22.4 Å². The van der Waals surface area contributed by atoms with Gasteiger partial charge in [0, 0.05) is 18.6 Å². The van der Waals surface area contributed by atoms with E-state index < -0.39 is 0 Å². The van der Waals surface area contributed by atoms with Crippen molar-refractivity contribution in [2.24, 2.45) is 0 Å². The number of benzene rings is 2. The number of tetrazole rings is 1. The fraction of sp³-hybridized carbons (Fsp3) is 0.263. The first-order valence-electron chi connectivity index (χ1n) is 8.40. The smallest absolute Gasteiger partial charge is 0.233 e. The molecule has 8 heteroatoms. The second-order valence-corrected chi connectivity index (χ2v) is 7.76. The summed E-state index contributed by atoms with van der Waals surface area (Å²) in [6, 6.07) is 13.6. The van der Waals surface area contributed by atoms with E-state index in [1.54, 1.807) is 16.6 Å². The van der Waals surface area contributed by atoms with E-state index in [0.29, 0.717) is 16.7 Å². The first-order chi connectivity index (χ1) is 12.9. The molecule has 6 nitrogen and oxygen atoms in total. The van der Waals surface area contributed by atoms with E-state index in [4.69, 9.17) is 11.6 Å². The Morgan fingerprint density at radius 1 is 1.15 bits per heavy atom. The van der Waals surface area contributed by atoms with Gasteiger partial charge in [0.2, 0.25) is 11.1 Å². The lowest BCUT2D eigenvalue weighted by Gasteiger charge is -2.17. The Balaban J connectivity index is 1.64. The molecular weight excluding hydrogens is 382 g/mol. The van der Waals surface area contributed by atoms with Crippen LogP contribution in [-0.2, 0) is 11.3 Å². The summed E-state index contributed by atoms with van der Waals surface area (Å²) in [4.78, 5) is 14.1. The molecule has 0 atom stereocenters. The highest BCUT2D eigenvalue weighted by Gasteiger charge is 2.15. The van der Waals surface area contributed by atoms with Gasteiger partial charge in [-0.3, -0.25) is 4.79 Å². The quantitative estimate of drug-likeness (QED) is 0.589. The van der Waals surface area contributed by atoms with Gasteiger partial charge in [0.05, 0.1) is 11.4 Å². The van der Waals surface area contributed by atoms with Crippen molar-refractivity contribution in [3.8, 4) is 5.69 Å². The second-order valence-electron chi connectivity index (χ2n) is 6.38. The fourth-order valence-corrected chi connectivity index (χ4v) is 3.65. The maximum Gasteiger partial charge on any atom is 0.233 e. The van der Waals surface area contributed by atoms with Gasteiger partial charge in [-0.2, -0.15) is 4.68 Å². The number of aryl methyl sites for hydroxylation is 2. The van der Waals surface area contributed by atoms with E-state index in [1.165, 1.54) is 11.8 Å². The van der Waals surface area contributed by atoms with Crippen LogP contribution in [-0.4, -0.2) is 43.8 Å². The highest BCUT2D eigenvalue weighted by molar-refractivity contribution is 7.99. The van der Waals surface area contributed by atoms with Gasteiger partial charge in [0.15, 0.2) is 0 Å². The number of amides is 1. The normalized spacial score (nSPS) is 10.8. The molecule has 0 aliphatic rings. The van der Waals surface area contributed by atoms with Crippen molar-refractivity contribution in [3.05, 3.63) is 64.2 Å². The molecule has 0 unspecified atom stereocenters. The van der Waals surface area contributed by atoms with Crippen molar-refractivity contribution in [3.63, 3.8) is 0 Å². The van der Waals surface area contributed by atoms with Gasteiger partial charge >= 0.3 is 0 Å². The molecule has 1 heterocycles. The Labute approximate surface area is 167 Å². The van der Waals surface area contributed by atoms with Crippen molar-refractivity contribution < 1.29 is 4.79 Å². The molecule has 2 aromatic carbocycles. The summed E-state index contributed by atoms with van der Waals surface area (Å²) in [5.41, 5.74) is 4.19. The van der Waals surface area contributed by atoms with E-state index in [9.17, 15) is 4.79 Å². The van der Waals surface area contributed by atoms with Crippen LogP contribution in [0.5, 0.6) is 0 Å². The second kappa shape index (κ2) is 8.54. The SMILES string of the molecule is Cc1cc(C)cc(-n2nnnc2SCC(=O)N(C)Cc2ccc(Cl)cc2)c1. The number of carbonyl (C=O) groups excluding carboxylic acids is 1. The van der Waals surface area contributed by atoms with E-state index in [2.05, 4.69) is 21.6 Å². The number of hydrogen-bond donors (Lipinski definition) is 0. The summed E-state index contributed by atoms with van der Waals surface area (Å²) in [5, 5.41) is 13.2. The largest absolute Gasteiger partial charge is 0.341 e.